The number of carbonyl (C=O) groups excluding carboxylic acids is 1. The SMILES string of the molecule is CN(C)C(=O)C(C#N)=Cc1cccc(CN(C(=O)O)[C@@H](Cc2ccccc2)B2O[C@@H]3C[C@@H]4C[C@@H](C4(C)C)[C@]3(C)O2)c1. The number of hydrogen-bond acceptors (Lipinski definition) is 5. The first-order valence-electron chi connectivity index (χ1n) is 14.2. The topological polar surface area (TPSA) is 103 Å². The number of hydrogen-bond donors (Lipinski definition) is 1. The highest BCUT2D eigenvalue weighted by Crippen LogP contribution is 2.65. The Morgan fingerprint density at radius 2 is 1.83 bits per heavy atom. The van der Waals surface area contributed by atoms with Crippen molar-refractivity contribution in [2.75, 3.05) is 14.1 Å². The number of amides is 2. The maximum atomic E-state index is 12.8. The molecule has 2 amide bonds. The van der Waals surface area contributed by atoms with E-state index in [4.69, 9.17) is 9.31 Å². The van der Waals surface area contributed by atoms with Crippen LogP contribution in [-0.4, -0.2) is 65.8 Å². The second-order valence-corrected chi connectivity index (χ2v) is 12.6. The molecule has 2 bridgehead atoms. The molecule has 1 N–H and O–H groups in total. The summed E-state index contributed by atoms with van der Waals surface area (Å²) in [7, 11) is 2.48. The molecule has 6 rings (SSSR count). The minimum absolute atomic E-state index is 0.00843. The molecule has 2 aromatic carbocycles. The van der Waals surface area contributed by atoms with Crippen molar-refractivity contribution >= 4 is 25.2 Å². The molecule has 4 aliphatic rings. The average molecular weight is 555 g/mol. The molecular formula is C32H38BN3O5. The van der Waals surface area contributed by atoms with E-state index in [1.165, 1.54) is 15.9 Å². The van der Waals surface area contributed by atoms with Gasteiger partial charge in [0.15, 0.2) is 0 Å². The van der Waals surface area contributed by atoms with E-state index in [9.17, 15) is 20.0 Å². The van der Waals surface area contributed by atoms with Crippen LogP contribution in [0, 0.1) is 28.6 Å². The summed E-state index contributed by atoms with van der Waals surface area (Å²) in [6.45, 7) is 6.85. The fourth-order valence-electron chi connectivity index (χ4n) is 7.13. The molecule has 0 spiro atoms. The van der Waals surface area contributed by atoms with Crippen LogP contribution in [0.25, 0.3) is 6.08 Å². The zero-order chi connectivity index (χ0) is 29.5. The Bertz CT molecular complexity index is 1390. The number of nitrogens with zero attached hydrogens (tertiary/aromatic N) is 3. The molecule has 2 aromatic rings. The molecule has 0 aromatic heterocycles. The van der Waals surface area contributed by atoms with Crippen LogP contribution in [0.2, 0.25) is 0 Å². The van der Waals surface area contributed by atoms with Gasteiger partial charge in [-0.3, -0.25) is 4.79 Å². The summed E-state index contributed by atoms with van der Waals surface area (Å²) in [6, 6.07) is 19.0. The quantitative estimate of drug-likeness (QED) is 0.278. The van der Waals surface area contributed by atoms with Crippen molar-refractivity contribution in [1.82, 2.24) is 9.80 Å². The van der Waals surface area contributed by atoms with Crippen molar-refractivity contribution in [2.45, 2.75) is 64.2 Å². The summed E-state index contributed by atoms with van der Waals surface area (Å²) in [6.07, 6.45) is 2.87. The maximum Gasteiger partial charge on any atom is 0.482 e. The third-order valence-corrected chi connectivity index (χ3v) is 9.59. The Labute approximate surface area is 242 Å². The van der Waals surface area contributed by atoms with Crippen molar-refractivity contribution in [3.8, 4) is 6.07 Å². The lowest BCUT2D eigenvalue weighted by Gasteiger charge is -2.64. The fraction of sp³-hybridized carbons (Fsp3) is 0.469. The first kappa shape index (κ1) is 28.9. The first-order chi connectivity index (χ1) is 19.4. The number of carboxylic acid groups (broad SMARTS) is 1. The molecule has 3 aliphatic carbocycles. The molecule has 1 saturated heterocycles. The summed E-state index contributed by atoms with van der Waals surface area (Å²) in [5.74, 6) is -0.0204. The lowest BCUT2D eigenvalue weighted by Crippen LogP contribution is -2.65. The van der Waals surface area contributed by atoms with Crippen LogP contribution >= 0.6 is 0 Å². The van der Waals surface area contributed by atoms with Gasteiger partial charge in [-0.05, 0) is 72.3 Å². The zero-order valence-electron chi connectivity index (χ0n) is 24.4. The summed E-state index contributed by atoms with van der Waals surface area (Å²) in [4.78, 5) is 28.0. The van der Waals surface area contributed by atoms with Crippen molar-refractivity contribution in [1.29, 1.82) is 5.26 Å². The highest BCUT2D eigenvalue weighted by Gasteiger charge is 2.68. The van der Waals surface area contributed by atoms with Crippen LogP contribution < -0.4 is 0 Å². The molecule has 1 aliphatic heterocycles. The minimum atomic E-state index is -1.07. The van der Waals surface area contributed by atoms with E-state index in [1.807, 2.05) is 48.5 Å². The van der Waals surface area contributed by atoms with Gasteiger partial charge in [0.25, 0.3) is 5.91 Å². The normalized spacial score (nSPS) is 26.8. The smallest absolute Gasteiger partial charge is 0.465 e. The van der Waals surface area contributed by atoms with Gasteiger partial charge in [0.2, 0.25) is 0 Å². The summed E-state index contributed by atoms with van der Waals surface area (Å²) >= 11 is 0. The van der Waals surface area contributed by atoms with Gasteiger partial charge in [-0.1, -0.05) is 62.4 Å². The molecule has 0 unspecified atom stereocenters. The lowest BCUT2D eigenvalue weighted by atomic mass is 9.43. The lowest BCUT2D eigenvalue weighted by molar-refractivity contribution is -0.199. The largest absolute Gasteiger partial charge is 0.482 e. The molecule has 9 heteroatoms. The van der Waals surface area contributed by atoms with Gasteiger partial charge in [-0.25, -0.2) is 4.79 Å². The predicted molar refractivity (Wildman–Crippen MR) is 156 cm³/mol. The number of benzene rings is 2. The van der Waals surface area contributed by atoms with Gasteiger partial charge in [-0.2, -0.15) is 5.26 Å². The van der Waals surface area contributed by atoms with Gasteiger partial charge in [0.05, 0.1) is 17.6 Å². The van der Waals surface area contributed by atoms with Crippen LogP contribution in [0.4, 0.5) is 4.79 Å². The first-order valence-corrected chi connectivity index (χ1v) is 14.2. The van der Waals surface area contributed by atoms with E-state index in [2.05, 4.69) is 20.8 Å². The molecular weight excluding hydrogens is 517 g/mol. The van der Waals surface area contributed by atoms with Gasteiger partial charge < -0.3 is 24.2 Å². The van der Waals surface area contributed by atoms with Crippen molar-refractivity contribution in [3.63, 3.8) is 0 Å². The molecule has 3 saturated carbocycles. The monoisotopic (exact) mass is 555 g/mol. The van der Waals surface area contributed by atoms with Gasteiger partial charge in [0, 0.05) is 20.6 Å². The van der Waals surface area contributed by atoms with Crippen molar-refractivity contribution in [2.24, 2.45) is 17.3 Å². The second kappa shape index (κ2) is 11.0. The predicted octanol–water partition coefficient (Wildman–Crippen LogP) is 5.04. The number of likely N-dealkylation sites (N-methyl/N-ethyl adjacent to an activating group) is 1. The molecule has 5 atom stereocenters. The molecule has 1 heterocycles. The highest BCUT2D eigenvalue weighted by molar-refractivity contribution is 6.47. The van der Waals surface area contributed by atoms with E-state index in [0.29, 0.717) is 23.8 Å². The third kappa shape index (κ3) is 5.39. The van der Waals surface area contributed by atoms with E-state index >= 15 is 0 Å². The van der Waals surface area contributed by atoms with E-state index in [1.54, 1.807) is 26.2 Å². The van der Waals surface area contributed by atoms with Gasteiger partial charge in [-0.15, -0.1) is 0 Å². The summed E-state index contributed by atoms with van der Waals surface area (Å²) in [5, 5.41) is 20.0. The molecule has 41 heavy (non-hydrogen) atoms. The highest BCUT2D eigenvalue weighted by atomic mass is 16.7. The number of carbonyl (C=O) groups is 2. The Hall–Kier alpha value is -3.61. The van der Waals surface area contributed by atoms with E-state index in [-0.39, 0.29) is 29.5 Å². The second-order valence-electron chi connectivity index (χ2n) is 12.6. The Balaban J connectivity index is 1.45. The standard InChI is InChI=1S/C32H38BN3O5/c1-31(2)25-17-26(31)32(3)27(18-25)40-33(41-32)28(16-21-10-7-6-8-11-21)36(30(38)39)20-23-13-9-12-22(14-23)15-24(19-34)29(37)35(4)5/h6-15,25-28H,16-18,20H2,1-5H3,(H,38,39)/t25-,26-,27+,28-,32-/m0/s1. The fourth-order valence-corrected chi connectivity index (χ4v) is 7.13. The number of nitriles is 1. The van der Waals surface area contributed by atoms with Crippen molar-refractivity contribution < 1.29 is 24.0 Å². The molecule has 8 nitrogen and oxygen atoms in total. The molecule has 0 radical (unpaired) electrons. The zero-order valence-corrected chi connectivity index (χ0v) is 24.4. The van der Waals surface area contributed by atoms with Crippen LogP contribution in [-0.2, 0) is 27.1 Å². The average Bonchev–Trinajstić information content (AvgIpc) is 3.30. The van der Waals surface area contributed by atoms with Gasteiger partial charge >= 0.3 is 13.2 Å². The number of rotatable bonds is 8. The Kier molecular flexibility index (Phi) is 7.75. The van der Waals surface area contributed by atoms with E-state index < -0.39 is 24.8 Å². The minimum Gasteiger partial charge on any atom is -0.465 e. The summed E-state index contributed by atoms with van der Waals surface area (Å²) < 4.78 is 13.4. The molecule has 214 valence electrons. The van der Waals surface area contributed by atoms with E-state index in [0.717, 1.165) is 24.0 Å². The summed E-state index contributed by atoms with van der Waals surface area (Å²) in [5.41, 5.74) is 2.10. The van der Waals surface area contributed by atoms with Crippen molar-refractivity contribution in [3.05, 3.63) is 76.9 Å². The van der Waals surface area contributed by atoms with Crippen LogP contribution in [0.3, 0.4) is 0 Å². The van der Waals surface area contributed by atoms with Crippen LogP contribution in [0.1, 0.15) is 50.3 Å². The van der Waals surface area contributed by atoms with Crippen LogP contribution in [0.5, 0.6) is 0 Å². The Morgan fingerprint density at radius 1 is 1.12 bits per heavy atom. The Morgan fingerprint density at radius 3 is 2.46 bits per heavy atom. The maximum absolute atomic E-state index is 12.8. The molecule has 4 fully saturated rings. The van der Waals surface area contributed by atoms with Crippen LogP contribution in [0.15, 0.2) is 60.2 Å². The van der Waals surface area contributed by atoms with Gasteiger partial charge in [0.1, 0.15) is 11.6 Å². The third-order valence-electron chi connectivity index (χ3n) is 9.59.